The minimum atomic E-state index is 0.285. The van der Waals surface area contributed by atoms with E-state index >= 15 is 0 Å². The maximum absolute atomic E-state index is 5.66. The highest BCUT2D eigenvalue weighted by Crippen LogP contribution is 2.21. The SMILES string of the molecule is Nc1ccc(COCC2CCCO2)c(Br)c1. The lowest BCUT2D eigenvalue weighted by atomic mass is 10.2. The third-order valence-electron chi connectivity index (χ3n) is 2.66. The summed E-state index contributed by atoms with van der Waals surface area (Å²) in [5.74, 6) is 0. The van der Waals surface area contributed by atoms with Gasteiger partial charge in [-0.2, -0.15) is 0 Å². The van der Waals surface area contributed by atoms with E-state index < -0.39 is 0 Å². The van der Waals surface area contributed by atoms with Crippen LogP contribution in [0.2, 0.25) is 0 Å². The molecule has 1 fully saturated rings. The van der Waals surface area contributed by atoms with Crippen LogP contribution in [0.4, 0.5) is 5.69 Å². The predicted molar refractivity (Wildman–Crippen MR) is 67.2 cm³/mol. The van der Waals surface area contributed by atoms with Gasteiger partial charge in [0.2, 0.25) is 0 Å². The number of benzene rings is 1. The summed E-state index contributed by atoms with van der Waals surface area (Å²) in [5.41, 5.74) is 7.54. The van der Waals surface area contributed by atoms with Crippen LogP contribution in [0, 0.1) is 0 Å². The lowest BCUT2D eigenvalue weighted by Crippen LogP contribution is -2.13. The molecule has 4 heteroatoms. The Morgan fingerprint density at radius 2 is 2.38 bits per heavy atom. The molecule has 0 spiro atoms. The standard InChI is InChI=1S/C12H16BrNO2/c13-12-6-10(14)4-3-9(12)7-15-8-11-2-1-5-16-11/h3-4,6,11H,1-2,5,7-8,14H2. The van der Waals surface area contributed by atoms with Crippen LogP contribution in [0.5, 0.6) is 0 Å². The van der Waals surface area contributed by atoms with Gasteiger partial charge in [-0.25, -0.2) is 0 Å². The number of halogens is 1. The molecule has 1 aliphatic rings. The molecule has 0 aliphatic carbocycles. The molecule has 1 aromatic carbocycles. The van der Waals surface area contributed by atoms with Gasteiger partial charge in [0.15, 0.2) is 0 Å². The number of ether oxygens (including phenoxy) is 2. The smallest absolute Gasteiger partial charge is 0.0809 e. The molecular weight excluding hydrogens is 270 g/mol. The monoisotopic (exact) mass is 285 g/mol. The number of anilines is 1. The fraction of sp³-hybridized carbons (Fsp3) is 0.500. The van der Waals surface area contributed by atoms with Crippen molar-refractivity contribution in [1.29, 1.82) is 0 Å². The molecule has 2 rings (SSSR count). The van der Waals surface area contributed by atoms with Gasteiger partial charge in [-0.1, -0.05) is 22.0 Å². The van der Waals surface area contributed by atoms with Gasteiger partial charge in [0, 0.05) is 16.8 Å². The molecular formula is C12H16BrNO2. The van der Waals surface area contributed by atoms with E-state index in [1.807, 2.05) is 18.2 Å². The number of nitrogen functional groups attached to an aromatic ring is 1. The molecule has 0 aromatic heterocycles. The maximum Gasteiger partial charge on any atom is 0.0809 e. The Bertz CT molecular complexity index is 351. The Balaban J connectivity index is 1.80. The summed E-state index contributed by atoms with van der Waals surface area (Å²) in [7, 11) is 0. The molecule has 1 saturated heterocycles. The first kappa shape index (κ1) is 11.9. The topological polar surface area (TPSA) is 44.5 Å². The summed E-state index contributed by atoms with van der Waals surface area (Å²) in [6, 6.07) is 5.76. The van der Waals surface area contributed by atoms with Crippen LogP contribution >= 0.6 is 15.9 Å². The Kier molecular flexibility index (Phi) is 4.21. The van der Waals surface area contributed by atoms with Crippen molar-refractivity contribution in [3.8, 4) is 0 Å². The second-order valence-electron chi connectivity index (χ2n) is 4.00. The van der Waals surface area contributed by atoms with Crippen molar-refractivity contribution in [2.24, 2.45) is 0 Å². The Morgan fingerprint density at radius 1 is 1.50 bits per heavy atom. The average Bonchev–Trinajstić information content (AvgIpc) is 2.74. The van der Waals surface area contributed by atoms with Crippen molar-refractivity contribution in [1.82, 2.24) is 0 Å². The van der Waals surface area contributed by atoms with Crippen LogP contribution < -0.4 is 5.73 Å². The summed E-state index contributed by atoms with van der Waals surface area (Å²) in [6.45, 7) is 2.15. The molecule has 0 saturated carbocycles. The third kappa shape index (κ3) is 3.20. The second-order valence-corrected chi connectivity index (χ2v) is 4.86. The fourth-order valence-electron chi connectivity index (χ4n) is 1.76. The number of hydrogen-bond acceptors (Lipinski definition) is 3. The summed E-state index contributed by atoms with van der Waals surface area (Å²) >= 11 is 3.47. The van der Waals surface area contributed by atoms with Crippen molar-refractivity contribution in [3.05, 3.63) is 28.2 Å². The van der Waals surface area contributed by atoms with E-state index in [2.05, 4.69) is 15.9 Å². The van der Waals surface area contributed by atoms with Crippen LogP contribution in [0.25, 0.3) is 0 Å². The molecule has 3 nitrogen and oxygen atoms in total. The maximum atomic E-state index is 5.66. The first-order valence-electron chi connectivity index (χ1n) is 5.49. The highest BCUT2D eigenvalue weighted by atomic mass is 79.9. The van der Waals surface area contributed by atoms with Crippen molar-refractivity contribution in [2.45, 2.75) is 25.6 Å². The van der Waals surface area contributed by atoms with E-state index in [0.29, 0.717) is 13.2 Å². The van der Waals surface area contributed by atoms with Gasteiger partial charge >= 0.3 is 0 Å². The van der Waals surface area contributed by atoms with Gasteiger partial charge < -0.3 is 15.2 Å². The molecule has 1 heterocycles. The highest BCUT2D eigenvalue weighted by molar-refractivity contribution is 9.10. The molecule has 1 aliphatic heterocycles. The highest BCUT2D eigenvalue weighted by Gasteiger charge is 2.15. The van der Waals surface area contributed by atoms with E-state index in [0.717, 1.165) is 35.2 Å². The summed E-state index contributed by atoms with van der Waals surface area (Å²) in [6.07, 6.45) is 2.55. The zero-order valence-corrected chi connectivity index (χ0v) is 10.7. The Morgan fingerprint density at radius 3 is 3.06 bits per heavy atom. The van der Waals surface area contributed by atoms with Gasteiger partial charge in [0.25, 0.3) is 0 Å². The summed E-state index contributed by atoms with van der Waals surface area (Å²) in [5, 5.41) is 0. The van der Waals surface area contributed by atoms with Crippen LogP contribution in [-0.2, 0) is 16.1 Å². The molecule has 0 bridgehead atoms. The minimum Gasteiger partial charge on any atom is -0.399 e. The van der Waals surface area contributed by atoms with Crippen LogP contribution in [0.15, 0.2) is 22.7 Å². The lowest BCUT2D eigenvalue weighted by molar-refractivity contribution is 0.0104. The molecule has 88 valence electrons. The Hall–Kier alpha value is -0.580. The molecule has 0 radical (unpaired) electrons. The van der Waals surface area contributed by atoms with Crippen molar-refractivity contribution in [3.63, 3.8) is 0 Å². The molecule has 1 aromatic rings. The minimum absolute atomic E-state index is 0.285. The van der Waals surface area contributed by atoms with Gasteiger partial charge in [-0.3, -0.25) is 0 Å². The van der Waals surface area contributed by atoms with Gasteiger partial charge in [0.1, 0.15) is 0 Å². The summed E-state index contributed by atoms with van der Waals surface area (Å²) < 4.78 is 12.1. The van der Waals surface area contributed by atoms with E-state index in [-0.39, 0.29) is 6.10 Å². The lowest BCUT2D eigenvalue weighted by Gasteiger charge is -2.11. The quantitative estimate of drug-likeness (QED) is 0.866. The second kappa shape index (κ2) is 5.66. The van der Waals surface area contributed by atoms with Crippen LogP contribution in [0.1, 0.15) is 18.4 Å². The predicted octanol–water partition coefficient (Wildman–Crippen LogP) is 2.73. The Labute approximate surface area is 104 Å². The van der Waals surface area contributed by atoms with E-state index in [1.54, 1.807) is 0 Å². The van der Waals surface area contributed by atoms with Gasteiger partial charge in [0.05, 0.1) is 19.3 Å². The largest absolute Gasteiger partial charge is 0.399 e. The first-order valence-corrected chi connectivity index (χ1v) is 6.28. The van der Waals surface area contributed by atoms with Crippen LogP contribution in [0.3, 0.4) is 0 Å². The van der Waals surface area contributed by atoms with E-state index in [9.17, 15) is 0 Å². The van der Waals surface area contributed by atoms with Crippen molar-refractivity contribution < 1.29 is 9.47 Å². The molecule has 2 N–H and O–H groups in total. The zero-order valence-electron chi connectivity index (χ0n) is 9.12. The van der Waals surface area contributed by atoms with Crippen molar-refractivity contribution in [2.75, 3.05) is 18.9 Å². The summed E-state index contributed by atoms with van der Waals surface area (Å²) in [4.78, 5) is 0. The van der Waals surface area contributed by atoms with E-state index in [4.69, 9.17) is 15.2 Å². The fourth-order valence-corrected chi connectivity index (χ4v) is 2.27. The number of rotatable bonds is 4. The number of nitrogens with two attached hydrogens (primary N) is 1. The van der Waals surface area contributed by atoms with Gasteiger partial charge in [-0.15, -0.1) is 0 Å². The van der Waals surface area contributed by atoms with Crippen molar-refractivity contribution >= 4 is 21.6 Å². The normalized spacial score (nSPS) is 20.2. The molecule has 0 amide bonds. The van der Waals surface area contributed by atoms with Gasteiger partial charge in [-0.05, 0) is 30.5 Å². The molecule has 16 heavy (non-hydrogen) atoms. The van der Waals surface area contributed by atoms with Crippen LogP contribution in [-0.4, -0.2) is 19.3 Å². The average molecular weight is 286 g/mol. The molecule has 1 atom stereocenters. The number of hydrogen-bond donors (Lipinski definition) is 1. The first-order chi connectivity index (χ1) is 7.75. The zero-order chi connectivity index (χ0) is 11.4. The van der Waals surface area contributed by atoms with E-state index in [1.165, 1.54) is 0 Å². The molecule has 1 unspecified atom stereocenters. The third-order valence-corrected chi connectivity index (χ3v) is 3.40.